The zero-order valence-electron chi connectivity index (χ0n) is 15.7. The second kappa shape index (κ2) is 7.92. The van der Waals surface area contributed by atoms with E-state index in [9.17, 15) is 9.90 Å². The fourth-order valence-electron chi connectivity index (χ4n) is 4.21. The van der Waals surface area contributed by atoms with Crippen LogP contribution in [0, 0.1) is 12.8 Å². The van der Waals surface area contributed by atoms with E-state index in [1.54, 1.807) is 7.11 Å². The van der Waals surface area contributed by atoms with Crippen molar-refractivity contribution in [2.24, 2.45) is 5.92 Å². The number of fused-ring (bicyclic) bond motifs is 1. The Morgan fingerprint density at radius 2 is 2.08 bits per heavy atom. The molecule has 4 heteroatoms. The topological polar surface area (TPSA) is 49.8 Å². The lowest BCUT2D eigenvalue weighted by Gasteiger charge is -2.37. The Morgan fingerprint density at radius 1 is 1.27 bits per heavy atom. The van der Waals surface area contributed by atoms with Crippen molar-refractivity contribution in [3.63, 3.8) is 0 Å². The van der Waals surface area contributed by atoms with Crippen molar-refractivity contribution in [3.05, 3.63) is 64.7 Å². The molecule has 2 atom stereocenters. The quantitative estimate of drug-likeness (QED) is 0.857. The van der Waals surface area contributed by atoms with Crippen molar-refractivity contribution in [2.45, 2.75) is 32.2 Å². The number of aliphatic carboxylic acids is 1. The third-order valence-electron chi connectivity index (χ3n) is 5.37. The van der Waals surface area contributed by atoms with Crippen molar-refractivity contribution in [1.29, 1.82) is 0 Å². The first-order chi connectivity index (χ1) is 12.5. The molecule has 0 bridgehead atoms. The molecule has 2 aromatic rings. The van der Waals surface area contributed by atoms with Crippen LogP contribution in [0.5, 0.6) is 5.75 Å². The summed E-state index contributed by atoms with van der Waals surface area (Å²) in [6, 6.07) is 14.9. The summed E-state index contributed by atoms with van der Waals surface area (Å²) in [7, 11) is 3.62. The van der Waals surface area contributed by atoms with E-state index in [2.05, 4.69) is 43.3 Å². The average Bonchev–Trinajstić information content (AvgIpc) is 2.61. The number of nitrogens with zero attached hydrogens (tertiary/aromatic N) is 1. The molecule has 4 nitrogen and oxygen atoms in total. The summed E-state index contributed by atoms with van der Waals surface area (Å²) in [6.07, 6.45) is 3.01. The monoisotopic (exact) mass is 353 g/mol. The van der Waals surface area contributed by atoms with E-state index in [0.717, 1.165) is 25.0 Å². The Bertz CT molecular complexity index is 787. The molecule has 0 amide bonds. The van der Waals surface area contributed by atoms with Gasteiger partial charge in [0.05, 0.1) is 13.7 Å². The van der Waals surface area contributed by atoms with Crippen LogP contribution in [-0.2, 0) is 17.6 Å². The molecule has 0 radical (unpaired) electrons. The van der Waals surface area contributed by atoms with Crippen LogP contribution in [0.15, 0.2) is 42.5 Å². The molecule has 0 aliphatic heterocycles. The molecule has 0 saturated heterocycles. The van der Waals surface area contributed by atoms with Gasteiger partial charge in [-0.2, -0.15) is 0 Å². The van der Waals surface area contributed by atoms with Crippen LogP contribution in [0.2, 0.25) is 0 Å². The molecule has 0 saturated carbocycles. The molecule has 2 aromatic carbocycles. The van der Waals surface area contributed by atoms with Crippen molar-refractivity contribution >= 4 is 5.97 Å². The number of rotatable bonds is 6. The Labute approximate surface area is 155 Å². The molecule has 2 unspecified atom stereocenters. The average molecular weight is 353 g/mol. The summed E-state index contributed by atoms with van der Waals surface area (Å²) in [5.41, 5.74) is 5.11. The SMILES string of the molecule is COc1ccc2c(c1)CCC(C(c1cccc(C)c1)N(C)CC(=O)O)C2. The summed E-state index contributed by atoms with van der Waals surface area (Å²) in [4.78, 5) is 13.3. The Hall–Kier alpha value is -2.33. The fourth-order valence-corrected chi connectivity index (χ4v) is 4.21. The Kier molecular flexibility index (Phi) is 5.62. The number of carboxylic acids is 1. The molecule has 0 fully saturated rings. The highest BCUT2D eigenvalue weighted by Gasteiger charge is 2.31. The molecule has 0 heterocycles. The second-order valence-electron chi connectivity index (χ2n) is 7.31. The number of methoxy groups -OCH3 is 1. The van der Waals surface area contributed by atoms with Crippen LogP contribution >= 0.6 is 0 Å². The van der Waals surface area contributed by atoms with E-state index in [0.29, 0.717) is 5.92 Å². The van der Waals surface area contributed by atoms with Gasteiger partial charge < -0.3 is 9.84 Å². The van der Waals surface area contributed by atoms with Gasteiger partial charge in [0.25, 0.3) is 0 Å². The molecule has 1 aliphatic rings. The van der Waals surface area contributed by atoms with Crippen LogP contribution in [0.3, 0.4) is 0 Å². The lowest BCUT2D eigenvalue weighted by Crippen LogP contribution is -2.36. The van der Waals surface area contributed by atoms with Crippen LogP contribution in [-0.4, -0.2) is 36.7 Å². The maximum Gasteiger partial charge on any atom is 0.317 e. The van der Waals surface area contributed by atoms with Gasteiger partial charge in [-0.1, -0.05) is 35.9 Å². The number of ether oxygens (including phenoxy) is 1. The van der Waals surface area contributed by atoms with Gasteiger partial charge in [0.15, 0.2) is 0 Å². The van der Waals surface area contributed by atoms with Gasteiger partial charge in [-0.25, -0.2) is 0 Å². The molecule has 138 valence electrons. The predicted molar refractivity (Wildman–Crippen MR) is 103 cm³/mol. The van der Waals surface area contributed by atoms with Crippen molar-refractivity contribution in [3.8, 4) is 5.75 Å². The fraction of sp³-hybridized carbons (Fsp3) is 0.409. The Balaban J connectivity index is 1.90. The van der Waals surface area contributed by atoms with E-state index in [1.807, 2.05) is 18.0 Å². The van der Waals surface area contributed by atoms with Crippen molar-refractivity contribution in [2.75, 3.05) is 20.7 Å². The predicted octanol–water partition coefficient (Wildman–Crippen LogP) is 3.87. The smallest absolute Gasteiger partial charge is 0.317 e. The Morgan fingerprint density at radius 3 is 2.77 bits per heavy atom. The van der Waals surface area contributed by atoms with Gasteiger partial charge in [0, 0.05) is 6.04 Å². The van der Waals surface area contributed by atoms with E-state index < -0.39 is 5.97 Å². The van der Waals surface area contributed by atoms with Crippen molar-refractivity contribution < 1.29 is 14.6 Å². The molecule has 1 aliphatic carbocycles. The largest absolute Gasteiger partial charge is 0.497 e. The van der Waals surface area contributed by atoms with E-state index in [1.165, 1.54) is 22.3 Å². The zero-order chi connectivity index (χ0) is 18.7. The summed E-state index contributed by atoms with van der Waals surface area (Å²) in [5.74, 6) is 0.508. The van der Waals surface area contributed by atoms with E-state index in [4.69, 9.17) is 4.74 Å². The molecule has 3 rings (SSSR count). The standard InChI is InChI=1S/C22H27NO3/c1-15-5-4-6-18(11-15)22(23(2)14-21(24)25)19-8-7-17-13-20(26-3)10-9-16(17)12-19/h4-6,9-11,13,19,22H,7-8,12,14H2,1-3H3,(H,24,25). The number of likely N-dealkylation sites (N-methyl/N-ethyl adjacent to an activating group) is 1. The van der Waals surface area contributed by atoms with Gasteiger partial charge >= 0.3 is 5.97 Å². The zero-order valence-corrected chi connectivity index (χ0v) is 15.7. The number of carboxylic acid groups (broad SMARTS) is 1. The van der Waals surface area contributed by atoms with Crippen LogP contribution in [0.4, 0.5) is 0 Å². The van der Waals surface area contributed by atoms with Crippen LogP contribution in [0.25, 0.3) is 0 Å². The lowest BCUT2D eigenvalue weighted by molar-refractivity contribution is -0.138. The molecule has 1 N–H and O–H groups in total. The lowest BCUT2D eigenvalue weighted by atomic mass is 9.77. The number of hydrogen-bond donors (Lipinski definition) is 1. The van der Waals surface area contributed by atoms with E-state index in [-0.39, 0.29) is 12.6 Å². The highest BCUT2D eigenvalue weighted by molar-refractivity contribution is 5.69. The normalized spacial score (nSPS) is 17.6. The molecule has 0 aromatic heterocycles. The first kappa shape index (κ1) is 18.5. The van der Waals surface area contributed by atoms with Crippen LogP contribution < -0.4 is 4.74 Å². The van der Waals surface area contributed by atoms with Gasteiger partial charge in [-0.15, -0.1) is 0 Å². The molecule has 0 spiro atoms. The minimum atomic E-state index is -0.786. The summed E-state index contributed by atoms with van der Waals surface area (Å²) in [5, 5.41) is 9.29. The van der Waals surface area contributed by atoms with Gasteiger partial charge in [-0.05, 0) is 68.0 Å². The maximum absolute atomic E-state index is 11.3. The highest BCUT2D eigenvalue weighted by Crippen LogP contribution is 2.38. The highest BCUT2D eigenvalue weighted by atomic mass is 16.5. The number of hydrogen-bond acceptors (Lipinski definition) is 3. The molecular formula is C22H27NO3. The summed E-state index contributed by atoms with van der Waals surface area (Å²) >= 11 is 0. The van der Waals surface area contributed by atoms with Gasteiger partial charge in [0.2, 0.25) is 0 Å². The third-order valence-corrected chi connectivity index (χ3v) is 5.37. The minimum Gasteiger partial charge on any atom is -0.497 e. The first-order valence-corrected chi connectivity index (χ1v) is 9.12. The number of aryl methyl sites for hydroxylation is 2. The third kappa shape index (κ3) is 4.07. The van der Waals surface area contributed by atoms with Crippen LogP contribution in [0.1, 0.15) is 34.7 Å². The van der Waals surface area contributed by atoms with Gasteiger partial charge in [0.1, 0.15) is 5.75 Å². The minimum absolute atomic E-state index is 0.0462. The second-order valence-corrected chi connectivity index (χ2v) is 7.31. The summed E-state index contributed by atoms with van der Waals surface area (Å²) in [6.45, 7) is 2.13. The maximum atomic E-state index is 11.3. The van der Waals surface area contributed by atoms with E-state index >= 15 is 0 Å². The van der Waals surface area contributed by atoms with Gasteiger partial charge in [-0.3, -0.25) is 9.69 Å². The first-order valence-electron chi connectivity index (χ1n) is 9.12. The number of benzene rings is 2. The molecule has 26 heavy (non-hydrogen) atoms. The summed E-state index contributed by atoms with van der Waals surface area (Å²) < 4.78 is 5.35. The van der Waals surface area contributed by atoms with Crippen molar-refractivity contribution in [1.82, 2.24) is 4.90 Å². The number of carbonyl (C=O) groups is 1. The molecular weight excluding hydrogens is 326 g/mol.